The van der Waals surface area contributed by atoms with E-state index in [9.17, 15) is 9.90 Å². The number of thiazole rings is 1. The number of nitrogens with one attached hydrogen (secondary N) is 1. The average molecular weight is 358 g/mol. The van der Waals surface area contributed by atoms with E-state index in [2.05, 4.69) is 22.1 Å². The third-order valence-corrected chi connectivity index (χ3v) is 5.05. The van der Waals surface area contributed by atoms with Crippen molar-refractivity contribution in [2.75, 3.05) is 6.54 Å². The fourth-order valence-corrected chi connectivity index (χ4v) is 3.78. The molecular formula is C19H22N2O3S. The molecule has 2 heterocycles. The van der Waals surface area contributed by atoms with E-state index < -0.39 is 5.60 Å². The monoisotopic (exact) mass is 358 g/mol. The van der Waals surface area contributed by atoms with Gasteiger partial charge in [0.2, 0.25) is 0 Å². The molecule has 0 spiro atoms. The second-order valence-corrected chi connectivity index (χ2v) is 7.83. The van der Waals surface area contributed by atoms with Crippen LogP contribution in [-0.4, -0.2) is 28.1 Å². The molecule has 1 aliphatic carbocycles. The smallest absolute Gasteiger partial charge is 0.287 e. The van der Waals surface area contributed by atoms with Crippen molar-refractivity contribution in [2.45, 2.75) is 51.6 Å². The number of hydrogen-bond donors (Lipinski definition) is 2. The van der Waals surface area contributed by atoms with Crippen LogP contribution in [0.4, 0.5) is 0 Å². The van der Waals surface area contributed by atoms with Gasteiger partial charge in [0.1, 0.15) is 5.60 Å². The van der Waals surface area contributed by atoms with Gasteiger partial charge in [0, 0.05) is 17.8 Å². The molecular weight excluding hydrogens is 336 g/mol. The standard InChI is InChI=1S/C19H22N2O3S/c1-19(2,23)11-9-13-7-8-15(24-13)18(22)20-12-10-17-21-14-5-3-4-6-16(14)25-17/h7-8,23H,3-6,10,12H2,1-2H3,(H,20,22). The summed E-state index contributed by atoms with van der Waals surface area (Å²) in [5, 5.41) is 13.5. The summed E-state index contributed by atoms with van der Waals surface area (Å²) in [6.07, 6.45) is 5.43. The number of rotatable bonds is 4. The van der Waals surface area contributed by atoms with Crippen molar-refractivity contribution < 1.29 is 14.3 Å². The number of carbonyl (C=O) groups is 1. The molecule has 1 amide bonds. The minimum atomic E-state index is -1.10. The predicted octanol–water partition coefficient (Wildman–Crippen LogP) is 2.71. The highest BCUT2D eigenvalue weighted by Gasteiger charge is 2.15. The number of hydrogen-bond acceptors (Lipinski definition) is 5. The van der Waals surface area contributed by atoms with Crippen LogP contribution in [0.3, 0.4) is 0 Å². The molecule has 0 atom stereocenters. The third kappa shape index (κ3) is 4.94. The number of amides is 1. The lowest BCUT2D eigenvalue weighted by atomic mass is 10.0. The van der Waals surface area contributed by atoms with Crippen LogP contribution in [0.5, 0.6) is 0 Å². The van der Waals surface area contributed by atoms with Gasteiger partial charge >= 0.3 is 0 Å². The van der Waals surface area contributed by atoms with Crippen LogP contribution in [0.15, 0.2) is 16.5 Å². The number of aryl methyl sites for hydroxylation is 2. The first-order valence-electron chi connectivity index (χ1n) is 8.52. The first-order chi connectivity index (χ1) is 11.9. The van der Waals surface area contributed by atoms with Gasteiger partial charge in [-0.2, -0.15) is 0 Å². The van der Waals surface area contributed by atoms with Crippen LogP contribution >= 0.6 is 11.3 Å². The van der Waals surface area contributed by atoms with Crippen molar-refractivity contribution in [2.24, 2.45) is 0 Å². The molecule has 0 saturated carbocycles. The Labute approximate surface area is 151 Å². The highest BCUT2D eigenvalue weighted by atomic mass is 32.1. The molecule has 25 heavy (non-hydrogen) atoms. The minimum absolute atomic E-state index is 0.221. The summed E-state index contributed by atoms with van der Waals surface area (Å²) in [7, 11) is 0. The van der Waals surface area contributed by atoms with E-state index in [4.69, 9.17) is 4.42 Å². The van der Waals surface area contributed by atoms with Crippen molar-refractivity contribution in [1.29, 1.82) is 0 Å². The lowest BCUT2D eigenvalue weighted by Gasteiger charge is -2.06. The molecule has 2 N–H and O–H groups in total. The summed E-state index contributed by atoms with van der Waals surface area (Å²) in [4.78, 5) is 18.2. The lowest BCUT2D eigenvalue weighted by molar-refractivity contribution is 0.0926. The van der Waals surface area contributed by atoms with Gasteiger partial charge < -0.3 is 14.8 Å². The van der Waals surface area contributed by atoms with E-state index in [-0.39, 0.29) is 11.7 Å². The van der Waals surface area contributed by atoms with Crippen molar-refractivity contribution in [3.8, 4) is 11.8 Å². The predicted molar refractivity (Wildman–Crippen MR) is 96.7 cm³/mol. The van der Waals surface area contributed by atoms with E-state index in [1.54, 1.807) is 37.3 Å². The Kier molecular flexibility index (Phi) is 5.26. The van der Waals surface area contributed by atoms with Crippen LogP contribution < -0.4 is 5.32 Å². The van der Waals surface area contributed by atoms with Crippen LogP contribution in [0.1, 0.15) is 58.6 Å². The highest BCUT2D eigenvalue weighted by molar-refractivity contribution is 7.11. The van der Waals surface area contributed by atoms with Gasteiger partial charge in [-0.3, -0.25) is 4.79 Å². The Balaban J connectivity index is 1.52. The van der Waals surface area contributed by atoms with Gasteiger partial charge in [-0.1, -0.05) is 5.92 Å². The largest absolute Gasteiger partial charge is 0.443 e. The molecule has 5 nitrogen and oxygen atoms in total. The Bertz CT molecular complexity index is 794. The maximum Gasteiger partial charge on any atom is 0.287 e. The third-order valence-electron chi connectivity index (χ3n) is 3.84. The number of aromatic nitrogens is 1. The summed E-state index contributed by atoms with van der Waals surface area (Å²) in [5.74, 6) is 5.68. The molecule has 132 valence electrons. The molecule has 0 unspecified atom stereocenters. The highest BCUT2D eigenvalue weighted by Crippen LogP contribution is 2.26. The summed E-state index contributed by atoms with van der Waals surface area (Å²) < 4.78 is 5.40. The molecule has 3 rings (SSSR count). The van der Waals surface area contributed by atoms with E-state index in [1.165, 1.54) is 23.4 Å². The summed E-state index contributed by atoms with van der Waals surface area (Å²) in [5.41, 5.74) is 0.154. The number of fused-ring (bicyclic) bond motifs is 1. The zero-order valence-corrected chi connectivity index (χ0v) is 15.3. The molecule has 6 heteroatoms. The van der Waals surface area contributed by atoms with E-state index in [1.807, 2.05) is 0 Å². The van der Waals surface area contributed by atoms with Gasteiger partial charge in [0.05, 0.1) is 10.7 Å². The summed E-state index contributed by atoms with van der Waals surface area (Å²) >= 11 is 1.77. The maximum atomic E-state index is 12.1. The minimum Gasteiger partial charge on any atom is -0.443 e. The number of carbonyl (C=O) groups excluding carboxylic acids is 1. The van der Waals surface area contributed by atoms with Crippen molar-refractivity contribution in [1.82, 2.24) is 10.3 Å². The topological polar surface area (TPSA) is 75.4 Å². The quantitative estimate of drug-likeness (QED) is 0.824. The normalized spacial score (nSPS) is 13.7. The van der Waals surface area contributed by atoms with Gasteiger partial charge in [0.15, 0.2) is 11.5 Å². The zero-order chi connectivity index (χ0) is 17.9. The van der Waals surface area contributed by atoms with Gasteiger partial charge in [-0.05, 0) is 57.6 Å². The number of furan rings is 1. The van der Waals surface area contributed by atoms with E-state index >= 15 is 0 Å². The fourth-order valence-electron chi connectivity index (χ4n) is 2.62. The molecule has 2 aromatic rings. The second-order valence-electron chi connectivity index (χ2n) is 6.66. The van der Waals surface area contributed by atoms with Crippen LogP contribution in [-0.2, 0) is 19.3 Å². The summed E-state index contributed by atoms with van der Waals surface area (Å²) in [6.45, 7) is 3.71. The second kappa shape index (κ2) is 7.42. The van der Waals surface area contributed by atoms with Crippen LogP contribution in [0.2, 0.25) is 0 Å². The lowest BCUT2D eigenvalue weighted by Crippen LogP contribution is -2.25. The van der Waals surface area contributed by atoms with Crippen molar-refractivity contribution >= 4 is 17.2 Å². The first-order valence-corrected chi connectivity index (χ1v) is 9.33. The number of nitrogens with zero attached hydrogens (tertiary/aromatic N) is 1. The Morgan fingerprint density at radius 2 is 2.20 bits per heavy atom. The molecule has 0 fully saturated rings. The van der Waals surface area contributed by atoms with Crippen LogP contribution in [0.25, 0.3) is 0 Å². The fraction of sp³-hybridized carbons (Fsp3) is 0.474. The Morgan fingerprint density at radius 1 is 1.40 bits per heavy atom. The van der Waals surface area contributed by atoms with Gasteiger partial charge in [-0.25, -0.2) is 4.98 Å². The maximum absolute atomic E-state index is 12.1. The first kappa shape index (κ1) is 17.7. The molecule has 0 aliphatic heterocycles. The van der Waals surface area contributed by atoms with Crippen LogP contribution in [0, 0.1) is 11.8 Å². The molecule has 0 aromatic carbocycles. The van der Waals surface area contributed by atoms with E-state index in [0.717, 1.165) is 24.3 Å². The van der Waals surface area contributed by atoms with E-state index in [0.29, 0.717) is 12.3 Å². The molecule has 2 aromatic heterocycles. The van der Waals surface area contributed by atoms with Crippen molar-refractivity contribution in [3.63, 3.8) is 0 Å². The Hall–Kier alpha value is -2.10. The van der Waals surface area contributed by atoms with Gasteiger partial charge in [-0.15, -0.1) is 11.3 Å². The number of aliphatic hydroxyl groups is 1. The van der Waals surface area contributed by atoms with Gasteiger partial charge in [0.25, 0.3) is 5.91 Å². The Morgan fingerprint density at radius 3 is 2.96 bits per heavy atom. The molecule has 0 radical (unpaired) electrons. The van der Waals surface area contributed by atoms with Crippen molar-refractivity contribution in [3.05, 3.63) is 39.2 Å². The molecule has 0 saturated heterocycles. The summed E-state index contributed by atoms with van der Waals surface area (Å²) in [6, 6.07) is 3.22. The SMILES string of the molecule is CC(C)(O)C#Cc1ccc(C(=O)NCCc2nc3c(s2)CCCC3)o1. The zero-order valence-electron chi connectivity index (χ0n) is 14.5. The molecule has 1 aliphatic rings. The average Bonchev–Trinajstić information content (AvgIpc) is 3.18. The molecule has 0 bridgehead atoms.